The van der Waals surface area contributed by atoms with Crippen molar-refractivity contribution in [3.05, 3.63) is 34.6 Å². The normalized spacial score (nSPS) is 29.9. The van der Waals surface area contributed by atoms with Gasteiger partial charge in [-0.25, -0.2) is 4.39 Å². The Labute approximate surface area is 124 Å². The van der Waals surface area contributed by atoms with Crippen LogP contribution < -0.4 is 5.32 Å². The monoisotopic (exact) mass is 297 g/mol. The van der Waals surface area contributed by atoms with Gasteiger partial charge in [0, 0.05) is 23.6 Å². The molecule has 0 aromatic heterocycles. The summed E-state index contributed by atoms with van der Waals surface area (Å²) in [5.41, 5.74) is 0.950. The maximum Gasteiger partial charge on any atom is 0.123 e. The third kappa shape index (κ3) is 2.72. The molecule has 2 aliphatic rings. The zero-order valence-corrected chi connectivity index (χ0v) is 12.5. The molecule has 1 aromatic rings. The van der Waals surface area contributed by atoms with E-state index in [-0.39, 0.29) is 17.3 Å². The minimum atomic E-state index is -0.217. The van der Waals surface area contributed by atoms with Gasteiger partial charge in [-0.2, -0.15) is 0 Å². The molecule has 110 valence electrons. The summed E-state index contributed by atoms with van der Waals surface area (Å²) >= 11 is 6.25. The lowest BCUT2D eigenvalue weighted by atomic mass is 9.74. The van der Waals surface area contributed by atoms with Crippen molar-refractivity contribution in [2.45, 2.75) is 31.8 Å². The van der Waals surface area contributed by atoms with E-state index in [0.29, 0.717) is 10.9 Å². The molecule has 1 saturated heterocycles. The molecule has 1 aromatic carbocycles. The molecule has 2 atom stereocenters. The Bertz CT molecular complexity index is 491. The van der Waals surface area contributed by atoms with Gasteiger partial charge in [0.2, 0.25) is 0 Å². The van der Waals surface area contributed by atoms with E-state index in [1.165, 1.54) is 18.9 Å². The Morgan fingerprint density at radius 2 is 2.25 bits per heavy atom. The number of hydrogen-bond acceptors (Lipinski definition) is 2. The lowest BCUT2D eigenvalue weighted by Crippen LogP contribution is -2.42. The van der Waals surface area contributed by atoms with Gasteiger partial charge in [-0.05, 0) is 62.4 Å². The summed E-state index contributed by atoms with van der Waals surface area (Å²) in [5, 5.41) is 3.96. The molecule has 0 spiro atoms. The summed E-state index contributed by atoms with van der Waals surface area (Å²) in [4.78, 5) is 0. The topological polar surface area (TPSA) is 21.3 Å². The molecule has 2 nitrogen and oxygen atoms in total. The van der Waals surface area contributed by atoms with Crippen molar-refractivity contribution in [1.29, 1.82) is 0 Å². The average molecular weight is 298 g/mol. The maximum atomic E-state index is 13.5. The van der Waals surface area contributed by atoms with Gasteiger partial charge < -0.3 is 10.1 Å². The van der Waals surface area contributed by atoms with Crippen molar-refractivity contribution in [3.8, 4) is 0 Å². The fourth-order valence-electron chi connectivity index (χ4n) is 3.59. The van der Waals surface area contributed by atoms with Crippen LogP contribution in [0.2, 0.25) is 5.02 Å². The van der Waals surface area contributed by atoms with Gasteiger partial charge in [-0.15, -0.1) is 0 Å². The van der Waals surface area contributed by atoms with E-state index < -0.39 is 0 Å². The molecule has 1 saturated carbocycles. The van der Waals surface area contributed by atoms with E-state index in [9.17, 15) is 4.39 Å². The third-order valence-corrected chi connectivity index (χ3v) is 5.00. The highest BCUT2D eigenvalue weighted by atomic mass is 35.5. The molecule has 2 fully saturated rings. The SMILES string of the molecule is CNCC1(Cc2cc(F)ccc2Cl)CCOC1C1CC1. The van der Waals surface area contributed by atoms with Crippen molar-refractivity contribution >= 4 is 11.6 Å². The van der Waals surface area contributed by atoms with Crippen LogP contribution in [0, 0.1) is 17.2 Å². The molecule has 1 heterocycles. The van der Waals surface area contributed by atoms with Gasteiger partial charge in [-0.1, -0.05) is 11.6 Å². The fraction of sp³-hybridized carbons (Fsp3) is 0.625. The molecule has 1 aliphatic heterocycles. The standard InChI is InChI=1S/C16H21ClFNO/c1-19-10-16(6-7-20-15(16)11-2-3-11)9-12-8-13(18)4-5-14(12)17/h4-5,8,11,15,19H,2-3,6-7,9-10H2,1H3. The summed E-state index contributed by atoms with van der Waals surface area (Å²) in [7, 11) is 1.97. The van der Waals surface area contributed by atoms with Crippen LogP contribution in [-0.4, -0.2) is 26.3 Å². The first kappa shape index (κ1) is 14.3. The second-order valence-electron chi connectivity index (χ2n) is 6.18. The van der Waals surface area contributed by atoms with Crippen LogP contribution in [-0.2, 0) is 11.2 Å². The minimum Gasteiger partial charge on any atom is -0.377 e. The van der Waals surface area contributed by atoms with Crippen LogP contribution in [0.4, 0.5) is 4.39 Å². The lowest BCUT2D eigenvalue weighted by molar-refractivity contribution is 0.0314. The number of nitrogens with one attached hydrogen (secondary N) is 1. The van der Waals surface area contributed by atoms with Crippen LogP contribution in [0.1, 0.15) is 24.8 Å². The third-order valence-electron chi connectivity index (χ3n) is 4.63. The number of halogens is 2. The highest BCUT2D eigenvalue weighted by molar-refractivity contribution is 6.31. The molecule has 0 bridgehead atoms. The van der Waals surface area contributed by atoms with Crippen molar-refractivity contribution in [3.63, 3.8) is 0 Å². The molecule has 0 radical (unpaired) electrons. The fourth-order valence-corrected chi connectivity index (χ4v) is 3.78. The van der Waals surface area contributed by atoms with E-state index in [1.807, 2.05) is 7.05 Å². The van der Waals surface area contributed by atoms with E-state index in [2.05, 4.69) is 5.32 Å². The molecule has 4 heteroatoms. The van der Waals surface area contributed by atoms with Crippen molar-refractivity contribution in [2.75, 3.05) is 20.2 Å². The Kier molecular flexibility index (Phi) is 4.02. The summed E-state index contributed by atoms with van der Waals surface area (Å²) < 4.78 is 19.5. The number of rotatable bonds is 5. The Hall–Kier alpha value is -0.640. The Balaban J connectivity index is 1.88. The first-order chi connectivity index (χ1) is 9.64. The van der Waals surface area contributed by atoms with Gasteiger partial charge in [0.25, 0.3) is 0 Å². The van der Waals surface area contributed by atoms with Crippen molar-refractivity contribution in [2.24, 2.45) is 11.3 Å². The Morgan fingerprint density at radius 1 is 1.45 bits per heavy atom. The summed E-state index contributed by atoms with van der Waals surface area (Å²) in [6, 6.07) is 4.64. The summed E-state index contributed by atoms with van der Waals surface area (Å²) in [5.74, 6) is 0.462. The van der Waals surface area contributed by atoms with E-state index in [0.717, 1.165) is 31.6 Å². The molecule has 20 heavy (non-hydrogen) atoms. The number of benzene rings is 1. The van der Waals surface area contributed by atoms with Crippen LogP contribution in [0.3, 0.4) is 0 Å². The van der Waals surface area contributed by atoms with E-state index in [4.69, 9.17) is 16.3 Å². The first-order valence-electron chi connectivity index (χ1n) is 7.35. The minimum absolute atomic E-state index is 0.0490. The van der Waals surface area contributed by atoms with Gasteiger partial charge in [0.1, 0.15) is 5.82 Å². The number of ether oxygens (including phenoxy) is 1. The summed E-state index contributed by atoms with van der Waals surface area (Å²) in [6.45, 7) is 1.69. The second kappa shape index (κ2) is 5.63. The van der Waals surface area contributed by atoms with Gasteiger partial charge in [0.05, 0.1) is 6.10 Å². The predicted molar refractivity (Wildman–Crippen MR) is 78.6 cm³/mol. The van der Waals surface area contributed by atoms with Crippen molar-refractivity contribution < 1.29 is 9.13 Å². The van der Waals surface area contributed by atoms with Gasteiger partial charge in [-0.3, -0.25) is 0 Å². The molecular formula is C16H21ClFNO. The smallest absolute Gasteiger partial charge is 0.123 e. The van der Waals surface area contributed by atoms with E-state index in [1.54, 1.807) is 12.1 Å². The van der Waals surface area contributed by atoms with Gasteiger partial charge >= 0.3 is 0 Å². The average Bonchev–Trinajstić information content (AvgIpc) is 3.17. The first-order valence-corrected chi connectivity index (χ1v) is 7.72. The van der Waals surface area contributed by atoms with Crippen LogP contribution >= 0.6 is 11.6 Å². The molecule has 1 N–H and O–H groups in total. The zero-order valence-electron chi connectivity index (χ0n) is 11.8. The van der Waals surface area contributed by atoms with Crippen LogP contribution in [0.5, 0.6) is 0 Å². The molecule has 1 aliphatic carbocycles. The van der Waals surface area contributed by atoms with E-state index >= 15 is 0 Å². The molecular weight excluding hydrogens is 277 g/mol. The number of hydrogen-bond donors (Lipinski definition) is 1. The van der Waals surface area contributed by atoms with Gasteiger partial charge in [0.15, 0.2) is 0 Å². The predicted octanol–water partition coefficient (Wildman–Crippen LogP) is 3.43. The largest absolute Gasteiger partial charge is 0.377 e. The zero-order chi connectivity index (χ0) is 14.2. The Morgan fingerprint density at radius 3 is 2.95 bits per heavy atom. The second-order valence-corrected chi connectivity index (χ2v) is 6.59. The molecule has 0 amide bonds. The highest BCUT2D eigenvalue weighted by Crippen LogP contribution is 2.49. The maximum absolute atomic E-state index is 13.5. The quantitative estimate of drug-likeness (QED) is 0.899. The van der Waals surface area contributed by atoms with Crippen LogP contribution in [0.25, 0.3) is 0 Å². The van der Waals surface area contributed by atoms with Crippen molar-refractivity contribution in [1.82, 2.24) is 5.32 Å². The van der Waals surface area contributed by atoms with Crippen LogP contribution in [0.15, 0.2) is 18.2 Å². The highest BCUT2D eigenvalue weighted by Gasteiger charge is 2.50. The molecule has 3 rings (SSSR count). The summed E-state index contributed by atoms with van der Waals surface area (Å²) in [6.07, 6.45) is 4.60. The lowest BCUT2D eigenvalue weighted by Gasteiger charge is -2.34. The molecule has 2 unspecified atom stereocenters.